The lowest BCUT2D eigenvalue weighted by atomic mass is 9.99. The first-order valence-electron chi connectivity index (χ1n) is 8.26. The van der Waals surface area contributed by atoms with E-state index < -0.39 is 0 Å². The third-order valence-corrected chi connectivity index (χ3v) is 5.00. The first-order valence-corrected chi connectivity index (χ1v) is 8.26. The second-order valence-corrected chi connectivity index (χ2v) is 6.49. The van der Waals surface area contributed by atoms with Crippen molar-refractivity contribution in [1.29, 1.82) is 0 Å². The van der Waals surface area contributed by atoms with Crippen molar-refractivity contribution in [2.75, 3.05) is 13.1 Å². The van der Waals surface area contributed by atoms with Gasteiger partial charge in [0.2, 0.25) is 5.56 Å². The molecule has 0 radical (unpaired) electrons. The number of aromatic nitrogens is 2. The van der Waals surface area contributed by atoms with Gasteiger partial charge in [-0.15, -0.1) is 0 Å². The molecule has 0 bridgehead atoms. The number of likely N-dealkylation sites (tertiary alicyclic amines) is 1. The van der Waals surface area contributed by atoms with E-state index in [0.29, 0.717) is 24.1 Å². The standard InChI is InChI=1S/C18H19N3O3/c22-17-5-1-4-15(20-17)18(23)21-10-12-6-7-16(14(12)11-21)24-13-3-2-8-19-9-13/h1-5,8-9,12,14,16H,6-7,10-11H2,(H,20,22)/t12-,14+,16+/m1/s1. The number of hydrogen-bond acceptors (Lipinski definition) is 4. The molecule has 1 aliphatic carbocycles. The minimum Gasteiger partial charge on any atom is -0.488 e. The zero-order chi connectivity index (χ0) is 16.5. The van der Waals surface area contributed by atoms with Crippen LogP contribution in [0.2, 0.25) is 0 Å². The van der Waals surface area contributed by atoms with Gasteiger partial charge in [-0.05, 0) is 37.0 Å². The van der Waals surface area contributed by atoms with Crippen LogP contribution in [0.4, 0.5) is 0 Å². The lowest BCUT2D eigenvalue weighted by molar-refractivity contribution is 0.0756. The molecular formula is C18H19N3O3. The fraction of sp³-hybridized carbons (Fsp3) is 0.389. The Morgan fingerprint density at radius 3 is 2.92 bits per heavy atom. The summed E-state index contributed by atoms with van der Waals surface area (Å²) < 4.78 is 6.08. The Bertz CT molecular complexity index is 789. The fourth-order valence-electron chi connectivity index (χ4n) is 3.86. The summed E-state index contributed by atoms with van der Waals surface area (Å²) in [6.45, 7) is 1.40. The van der Waals surface area contributed by atoms with Crippen LogP contribution in [0.3, 0.4) is 0 Å². The maximum absolute atomic E-state index is 12.6. The van der Waals surface area contributed by atoms with Crippen molar-refractivity contribution in [2.45, 2.75) is 18.9 Å². The van der Waals surface area contributed by atoms with E-state index in [4.69, 9.17) is 4.74 Å². The number of rotatable bonds is 3. The Kier molecular flexibility index (Phi) is 3.80. The van der Waals surface area contributed by atoms with Crippen LogP contribution < -0.4 is 10.3 Å². The maximum Gasteiger partial charge on any atom is 0.270 e. The summed E-state index contributed by atoms with van der Waals surface area (Å²) in [4.78, 5) is 32.5. The third kappa shape index (κ3) is 2.79. The minimum absolute atomic E-state index is 0.109. The average molecular weight is 325 g/mol. The molecular weight excluding hydrogens is 306 g/mol. The molecule has 3 atom stereocenters. The maximum atomic E-state index is 12.6. The predicted molar refractivity (Wildman–Crippen MR) is 87.8 cm³/mol. The van der Waals surface area contributed by atoms with Crippen molar-refractivity contribution in [3.05, 3.63) is 58.8 Å². The minimum atomic E-state index is -0.252. The van der Waals surface area contributed by atoms with Crippen LogP contribution in [0.15, 0.2) is 47.5 Å². The van der Waals surface area contributed by atoms with Crippen LogP contribution in [0, 0.1) is 11.8 Å². The normalized spacial score (nSPS) is 25.5. The second-order valence-electron chi connectivity index (χ2n) is 6.49. The monoisotopic (exact) mass is 325 g/mol. The molecule has 1 aliphatic heterocycles. The van der Waals surface area contributed by atoms with Gasteiger partial charge in [0.1, 0.15) is 17.5 Å². The number of hydrogen-bond donors (Lipinski definition) is 1. The van der Waals surface area contributed by atoms with E-state index in [2.05, 4.69) is 9.97 Å². The highest BCUT2D eigenvalue weighted by Gasteiger charge is 2.45. The first-order chi connectivity index (χ1) is 11.7. The first kappa shape index (κ1) is 14.9. The van der Waals surface area contributed by atoms with E-state index in [1.54, 1.807) is 24.5 Å². The molecule has 6 heteroatoms. The number of amides is 1. The van der Waals surface area contributed by atoms with E-state index in [0.717, 1.165) is 25.1 Å². The number of carbonyl (C=O) groups excluding carboxylic acids is 1. The van der Waals surface area contributed by atoms with E-state index in [9.17, 15) is 9.59 Å². The Hall–Kier alpha value is -2.63. The van der Waals surface area contributed by atoms with Crippen LogP contribution in [-0.2, 0) is 0 Å². The third-order valence-electron chi connectivity index (χ3n) is 5.00. The number of H-pyrrole nitrogens is 1. The largest absolute Gasteiger partial charge is 0.488 e. The van der Waals surface area contributed by atoms with Crippen LogP contribution in [-0.4, -0.2) is 40.0 Å². The number of carbonyl (C=O) groups is 1. The average Bonchev–Trinajstić information content (AvgIpc) is 3.17. The highest BCUT2D eigenvalue weighted by molar-refractivity contribution is 5.92. The molecule has 2 aliphatic rings. The summed E-state index contributed by atoms with van der Waals surface area (Å²) in [5.74, 6) is 1.47. The molecule has 1 amide bonds. The van der Waals surface area contributed by atoms with Crippen LogP contribution >= 0.6 is 0 Å². The van der Waals surface area contributed by atoms with E-state index in [-0.39, 0.29) is 17.6 Å². The number of nitrogens with zero attached hydrogens (tertiary/aromatic N) is 2. The lowest BCUT2D eigenvalue weighted by Crippen LogP contribution is -2.33. The zero-order valence-electron chi connectivity index (χ0n) is 13.2. The molecule has 1 saturated heterocycles. The molecule has 24 heavy (non-hydrogen) atoms. The van der Waals surface area contributed by atoms with Gasteiger partial charge in [0.25, 0.3) is 5.91 Å². The molecule has 1 saturated carbocycles. The van der Waals surface area contributed by atoms with Gasteiger partial charge in [0.15, 0.2) is 0 Å². The molecule has 6 nitrogen and oxygen atoms in total. The van der Waals surface area contributed by atoms with Crippen LogP contribution in [0.25, 0.3) is 0 Å². The lowest BCUT2D eigenvalue weighted by Gasteiger charge is -2.21. The number of aromatic amines is 1. The zero-order valence-corrected chi connectivity index (χ0v) is 13.2. The molecule has 4 rings (SSSR count). The van der Waals surface area contributed by atoms with Crippen molar-refractivity contribution >= 4 is 5.91 Å². The van der Waals surface area contributed by atoms with Gasteiger partial charge < -0.3 is 14.6 Å². The van der Waals surface area contributed by atoms with Crippen LogP contribution in [0.1, 0.15) is 23.3 Å². The van der Waals surface area contributed by atoms with Gasteiger partial charge >= 0.3 is 0 Å². The summed E-state index contributed by atoms with van der Waals surface area (Å²) in [5, 5.41) is 0. The van der Waals surface area contributed by atoms with E-state index in [1.807, 2.05) is 17.0 Å². The van der Waals surface area contributed by atoms with E-state index >= 15 is 0 Å². The van der Waals surface area contributed by atoms with Gasteiger partial charge in [-0.25, -0.2) is 0 Å². The summed E-state index contributed by atoms with van der Waals surface area (Å²) in [5.41, 5.74) is 0.102. The SMILES string of the molecule is O=C(c1cccc(=O)[nH]1)N1C[C@H]2CC[C@H](Oc3cccnc3)[C@H]2C1. The molecule has 3 heterocycles. The quantitative estimate of drug-likeness (QED) is 0.932. The Morgan fingerprint density at radius 2 is 2.12 bits per heavy atom. The molecule has 0 spiro atoms. The smallest absolute Gasteiger partial charge is 0.270 e. The highest BCUT2D eigenvalue weighted by Crippen LogP contribution is 2.40. The van der Waals surface area contributed by atoms with Crippen molar-refractivity contribution in [1.82, 2.24) is 14.9 Å². The van der Waals surface area contributed by atoms with Crippen molar-refractivity contribution in [3.63, 3.8) is 0 Å². The number of nitrogens with one attached hydrogen (secondary N) is 1. The summed E-state index contributed by atoms with van der Waals surface area (Å²) >= 11 is 0. The molecule has 124 valence electrons. The Balaban J connectivity index is 1.46. The summed E-state index contributed by atoms with van der Waals surface area (Å²) in [7, 11) is 0. The summed E-state index contributed by atoms with van der Waals surface area (Å²) in [6.07, 6.45) is 5.63. The molecule has 2 aromatic heterocycles. The Morgan fingerprint density at radius 1 is 1.21 bits per heavy atom. The fourth-order valence-corrected chi connectivity index (χ4v) is 3.86. The van der Waals surface area contributed by atoms with Gasteiger partial charge in [-0.2, -0.15) is 0 Å². The van der Waals surface area contributed by atoms with Gasteiger partial charge in [0, 0.05) is 31.3 Å². The molecule has 1 N–H and O–H groups in total. The topological polar surface area (TPSA) is 75.3 Å². The number of pyridine rings is 2. The van der Waals surface area contributed by atoms with Gasteiger partial charge in [-0.3, -0.25) is 14.6 Å². The highest BCUT2D eigenvalue weighted by atomic mass is 16.5. The van der Waals surface area contributed by atoms with Crippen molar-refractivity contribution < 1.29 is 9.53 Å². The molecule has 2 fully saturated rings. The number of fused-ring (bicyclic) bond motifs is 1. The molecule has 0 aromatic carbocycles. The van der Waals surface area contributed by atoms with Crippen molar-refractivity contribution in [2.24, 2.45) is 11.8 Å². The van der Waals surface area contributed by atoms with E-state index in [1.165, 1.54) is 6.07 Å². The number of ether oxygens (including phenoxy) is 1. The Labute approximate surface area is 139 Å². The van der Waals surface area contributed by atoms with Gasteiger partial charge in [-0.1, -0.05) is 6.07 Å². The second kappa shape index (κ2) is 6.11. The van der Waals surface area contributed by atoms with Gasteiger partial charge in [0.05, 0.1) is 6.20 Å². The predicted octanol–water partition coefficient (Wildman–Crippen LogP) is 1.70. The van der Waals surface area contributed by atoms with Crippen LogP contribution in [0.5, 0.6) is 5.75 Å². The summed E-state index contributed by atoms with van der Waals surface area (Å²) in [6, 6.07) is 8.44. The molecule has 0 unspecified atom stereocenters. The van der Waals surface area contributed by atoms with Crippen molar-refractivity contribution in [3.8, 4) is 5.75 Å². The molecule has 2 aromatic rings.